The summed E-state index contributed by atoms with van der Waals surface area (Å²) in [5.41, 5.74) is 2.97. The van der Waals surface area contributed by atoms with Gasteiger partial charge in [0.1, 0.15) is 18.5 Å². The number of halogens is 2. The zero-order chi connectivity index (χ0) is 30.1. The quantitative estimate of drug-likeness (QED) is 0.285. The third-order valence-corrected chi connectivity index (χ3v) is 9.16. The first-order chi connectivity index (χ1) is 20.8. The smallest absolute Gasteiger partial charge is 0.318 e. The molecule has 0 saturated carbocycles. The van der Waals surface area contributed by atoms with Crippen LogP contribution in [-0.4, -0.2) is 90.7 Å². The maximum atomic E-state index is 13.8. The molecule has 2 saturated heterocycles. The second kappa shape index (κ2) is 12.3. The Hall–Kier alpha value is -3.94. The van der Waals surface area contributed by atoms with Gasteiger partial charge in [-0.3, -0.25) is 4.79 Å². The SMILES string of the molecule is [C-]#[N+]CC1CN(c2nc(OCC3CCCN3C)nc3c2CCN(c2cccc4cccc(Cl)c24)C3)CCN1C(=O)C(=C)F. The molecular formula is C32H35ClFN7O2. The van der Waals surface area contributed by atoms with Gasteiger partial charge in [-0.25, -0.2) is 11.0 Å². The number of likely N-dealkylation sites (N-methyl/N-ethyl adjacent to an activating group) is 1. The van der Waals surface area contributed by atoms with Crippen LogP contribution in [-0.2, 0) is 17.8 Å². The zero-order valence-corrected chi connectivity index (χ0v) is 25.1. The van der Waals surface area contributed by atoms with Crippen molar-refractivity contribution in [1.82, 2.24) is 19.8 Å². The molecule has 6 rings (SSSR count). The van der Waals surface area contributed by atoms with Gasteiger partial charge in [-0.15, -0.1) is 0 Å². The lowest BCUT2D eigenvalue weighted by Crippen LogP contribution is -2.57. The van der Waals surface area contributed by atoms with Gasteiger partial charge in [0.2, 0.25) is 6.54 Å². The zero-order valence-electron chi connectivity index (χ0n) is 24.3. The van der Waals surface area contributed by atoms with Gasteiger partial charge < -0.3 is 29.2 Å². The molecule has 3 aliphatic heterocycles. The minimum Gasteiger partial charge on any atom is -0.462 e. The van der Waals surface area contributed by atoms with E-state index in [9.17, 15) is 9.18 Å². The van der Waals surface area contributed by atoms with Gasteiger partial charge in [-0.2, -0.15) is 9.97 Å². The van der Waals surface area contributed by atoms with Gasteiger partial charge in [0.25, 0.3) is 5.91 Å². The molecule has 0 aliphatic carbocycles. The van der Waals surface area contributed by atoms with Crippen molar-refractivity contribution >= 4 is 39.8 Å². The van der Waals surface area contributed by atoms with Crippen LogP contribution in [0.5, 0.6) is 6.01 Å². The van der Waals surface area contributed by atoms with Crippen LogP contribution in [0.3, 0.4) is 0 Å². The fourth-order valence-corrected chi connectivity index (χ4v) is 6.83. The first kappa shape index (κ1) is 29.1. The van der Waals surface area contributed by atoms with Crippen molar-refractivity contribution in [2.24, 2.45) is 0 Å². The standard InChI is InChI=1S/C32H35ClFN7O2/c1-21(34)31(42)41-16-15-40(18-24(41)17-35-2)30-25-12-14-39(28-11-5-8-22-7-4-10-26(33)29(22)28)19-27(25)36-32(37-30)43-20-23-9-6-13-38(23)3/h4-5,7-8,10-11,23-24H,1,6,9,12-20H2,3H3. The highest BCUT2D eigenvalue weighted by atomic mass is 35.5. The molecule has 1 aromatic heterocycles. The van der Waals surface area contributed by atoms with Crippen LogP contribution in [0.1, 0.15) is 24.1 Å². The lowest BCUT2D eigenvalue weighted by atomic mass is 10.0. The fourth-order valence-electron chi connectivity index (χ4n) is 6.55. The molecule has 0 spiro atoms. The topological polar surface area (TPSA) is 69.4 Å². The molecule has 3 aliphatic rings. The number of likely N-dealkylation sites (tertiary alicyclic amines) is 1. The number of piperazine rings is 1. The van der Waals surface area contributed by atoms with E-state index in [1.807, 2.05) is 18.2 Å². The Bertz CT molecular complexity index is 1590. The minimum absolute atomic E-state index is 0.0653. The summed E-state index contributed by atoms with van der Waals surface area (Å²) in [5, 5.41) is 2.81. The van der Waals surface area contributed by atoms with Gasteiger partial charge in [-0.1, -0.05) is 42.4 Å². The minimum atomic E-state index is -1.01. The molecule has 43 heavy (non-hydrogen) atoms. The van der Waals surface area contributed by atoms with Crippen molar-refractivity contribution in [2.75, 3.05) is 62.7 Å². The predicted octanol–water partition coefficient (Wildman–Crippen LogP) is 4.74. The fraction of sp³-hybridized carbons (Fsp3) is 0.438. The van der Waals surface area contributed by atoms with Crippen LogP contribution < -0.4 is 14.5 Å². The number of ether oxygens (including phenoxy) is 1. The molecule has 2 aromatic carbocycles. The number of anilines is 2. The number of carbonyl (C=O) groups excluding carboxylic acids is 1. The molecule has 0 radical (unpaired) electrons. The van der Waals surface area contributed by atoms with Crippen LogP contribution in [0.25, 0.3) is 15.6 Å². The average molecular weight is 604 g/mol. The van der Waals surface area contributed by atoms with Crippen molar-refractivity contribution < 1.29 is 13.9 Å². The summed E-state index contributed by atoms with van der Waals surface area (Å²) in [6, 6.07) is 12.3. The van der Waals surface area contributed by atoms with Gasteiger partial charge >= 0.3 is 6.01 Å². The molecule has 4 heterocycles. The summed E-state index contributed by atoms with van der Waals surface area (Å²) >= 11 is 6.68. The van der Waals surface area contributed by atoms with Crippen molar-refractivity contribution in [3.63, 3.8) is 0 Å². The van der Waals surface area contributed by atoms with E-state index in [-0.39, 0.29) is 13.1 Å². The maximum Gasteiger partial charge on any atom is 0.318 e. The van der Waals surface area contributed by atoms with Crippen LogP contribution in [0.15, 0.2) is 48.8 Å². The Morgan fingerprint density at radius 1 is 1.14 bits per heavy atom. The molecule has 1 amide bonds. The number of rotatable bonds is 7. The maximum absolute atomic E-state index is 13.8. The molecular weight excluding hydrogens is 569 g/mol. The normalized spacial score (nSPS) is 20.7. The number of benzene rings is 2. The van der Waals surface area contributed by atoms with Crippen molar-refractivity contribution in [3.05, 3.63) is 76.5 Å². The molecule has 224 valence electrons. The number of hydrogen-bond acceptors (Lipinski definition) is 7. The largest absolute Gasteiger partial charge is 0.462 e. The number of aromatic nitrogens is 2. The van der Waals surface area contributed by atoms with Crippen LogP contribution >= 0.6 is 11.6 Å². The Labute approximate surface area is 256 Å². The lowest BCUT2D eigenvalue weighted by molar-refractivity contribution is -0.131. The number of carbonyl (C=O) groups is 1. The first-order valence-electron chi connectivity index (χ1n) is 14.7. The highest BCUT2D eigenvalue weighted by Gasteiger charge is 2.36. The Balaban J connectivity index is 1.34. The van der Waals surface area contributed by atoms with Gasteiger partial charge in [0.05, 0.1) is 17.3 Å². The summed E-state index contributed by atoms with van der Waals surface area (Å²) in [6.45, 7) is 14.6. The lowest BCUT2D eigenvalue weighted by Gasteiger charge is -2.41. The predicted molar refractivity (Wildman–Crippen MR) is 166 cm³/mol. The van der Waals surface area contributed by atoms with E-state index in [0.29, 0.717) is 49.7 Å². The molecule has 2 atom stereocenters. The third-order valence-electron chi connectivity index (χ3n) is 8.85. The van der Waals surface area contributed by atoms with E-state index < -0.39 is 17.8 Å². The summed E-state index contributed by atoms with van der Waals surface area (Å²) in [4.78, 5) is 34.0. The van der Waals surface area contributed by atoms with Gasteiger partial charge in [0, 0.05) is 48.9 Å². The van der Waals surface area contributed by atoms with E-state index in [0.717, 1.165) is 59.5 Å². The van der Waals surface area contributed by atoms with Gasteiger partial charge in [-0.05, 0) is 50.4 Å². The summed E-state index contributed by atoms with van der Waals surface area (Å²) in [7, 11) is 2.11. The summed E-state index contributed by atoms with van der Waals surface area (Å²) in [6.07, 6.45) is 2.91. The Morgan fingerprint density at radius 2 is 1.95 bits per heavy atom. The number of nitrogens with zero attached hydrogens (tertiary/aromatic N) is 7. The first-order valence-corrected chi connectivity index (χ1v) is 15.1. The molecule has 2 fully saturated rings. The van der Waals surface area contributed by atoms with E-state index in [1.54, 1.807) is 0 Å². The molecule has 2 unspecified atom stereocenters. The Kier molecular flexibility index (Phi) is 8.37. The molecule has 0 N–H and O–H groups in total. The van der Waals surface area contributed by atoms with Gasteiger partial charge in [0.15, 0.2) is 5.83 Å². The van der Waals surface area contributed by atoms with E-state index in [2.05, 4.69) is 51.4 Å². The number of hydrogen-bond donors (Lipinski definition) is 0. The Morgan fingerprint density at radius 3 is 2.70 bits per heavy atom. The highest BCUT2D eigenvalue weighted by molar-refractivity contribution is 6.36. The number of amides is 1. The highest BCUT2D eigenvalue weighted by Crippen LogP contribution is 2.37. The summed E-state index contributed by atoms with van der Waals surface area (Å²) < 4.78 is 20.0. The second-order valence-corrected chi connectivity index (χ2v) is 11.9. The van der Waals surface area contributed by atoms with Crippen molar-refractivity contribution in [3.8, 4) is 6.01 Å². The molecule has 3 aromatic rings. The number of fused-ring (bicyclic) bond motifs is 2. The van der Waals surface area contributed by atoms with Crippen molar-refractivity contribution in [2.45, 2.75) is 37.9 Å². The second-order valence-electron chi connectivity index (χ2n) is 11.5. The van der Waals surface area contributed by atoms with E-state index in [4.69, 9.17) is 32.9 Å². The monoisotopic (exact) mass is 603 g/mol. The van der Waals surface area contributed by atoms with E-state index in [1.165, 1.54) is 4.90 Å². The third kappa shape index (κ3) is 5.84. The molecule has 11 heteroatoms. The average Bonchev–Trinajstić information content (AvgIpc) is 3.43. The van der Waals surface area contributed by atoms with Crippen LogP contribution in [0.2, 0.25) is 5.02 Å². The van der Waals surface area contributed by atoms with E-state index >= 15 is 0 Å². The van der Waals surface area contributed by atoms with Crippen molar-refractivity contribution in [1.29, 1.82) is 0 Å². The van der Waals surface area contributed by atoms with Crippen LogP contribution in [0, 0.1) is 6.57 Å². The van der Waals surface area contributed by atoms with Crippen LogP contribution in [0.4, 0.5) is 15.9 Å². The molecule has 9 nitrogen and oxygen atoms in total. The molecule has 0 bridgehead atoms. The summed E-state index contributed by atoms with van der Waals surface area (Å²) in [5.74, 6) is -1.01.